The molecule has 1 N–H and O–H groups in total. The van der Waals surface area contributed by atoms with Gasteiger partial charge in [-0.1, -0.05) is 30.3 Å². The maximum atomic E-state index is 12.5. The van der Waals surface area contributed by atoms with Gasteiger partial charge in [0.2, 0.25) is 0 Å². The Balaban J connectivity index is 1.96. The number of rotatable bonds is 7. The Labute approximate surface area is 186 Å². The molecule has 0 unspecified atom stereocenters. The Morgan fingerprint density at radius 1 is 1.16 bits per heavy atom. The summed E-state index contributed by atoms with van der Waals surface area (Å²) in [4.78, 5) is 19.2. The topological polar surface area (TPSA) is 47.0 Å². The van der Waals surface area contributed by atoms with Gasteiger partial charge in [-0.3, -0.25) is 14.6 Å². The Morgan fingerprint density at radius 2 is 1.87 bits per heavy atom. The molecule has 5 heteroatoms. The summed E-state index contributed by atoms with van der Waals surface area (Å²) in [5, 5.41) is 10.2. The minimum Gasteiger partial charge on any atom is -0.508 e. The predicted octanol–water partition coefficient (Wildman–Crippen LogP) is 4.15. The van der Waals surface area contributed by atoms with Gasteiger partial charge in [0.25, 0.3) is 5.91 Å². The lowest BCUT2D eigenvalue weighted by molar-refractivity contribution is 0.0306. The standard InChI is InChI=1S/C26H35N3O2/c1-6-15-28-17-20(4)29(18-19(28)3)25(23-9-8-10-24(30)16-23)21-11-13-22(14-12-21)26(31)27(5)7-2/h6,8-14,16,19-20,25,30H,1,7,15,17-18H2,2-5H3/t19-,20-,25-/m0/s1. The average Bonchev–Trinajstić information content (AvgIpc) is 2.77. The number of carbonyl (C=O) groups excluding carboxylic acids is 1. The number of phenols is 1. The second-order valence-corrected chi connectivity index (χ2v) is 8.58. The van der Waals surface area contributed by atoms with E-state index in [9.17, 15) is 9.90 Å². The van der Waals surface area contributed by atoms with Crippen LogP contribution in [-0.4, -0.2) is 71.0 Å². The van der Waals surface area contributed by atoms with Crippen LogP contribution in [0.2, 0.25) is 0 Å². The molecular formula is C26H35N3O2. The monoisotopic (exact) mass is 421 g/mol. The van der Waals surface area contributed by atoms with Gasteiger partial charge in [0.05, 0.1) is 6.04 Å². The zero-order valence-electron chi connectivity index (χ0n) is 19.2. The lowest BCUT2D eigenvalue weighted by Gasteiger charge is -2.47. The molecule has 0 bridgehead atoms. The van der Waals surface area contributed by atoms with E-state index in [4.69, 9.17) is 0 Å². The Morgan fingerprint density at radius 3 is 2.48 bits per heavy atom. The number of amides is 1. The van der Waals surface area contributed by atoms with Crippen LogP contribution in [0.3, 0.4) is 0 Å². The molecule has 3 rings (SSSR count). The highest BCUT2D eigenvalue weighted by atomic mass is 16.3. The quantitative estimate of drug-likeness (QED) is 0.682. The van der Waals surface area contributed by atoms with Gasteiger partial charge in [-0.25, -0.2) is 0 Å². The fourth-order valence-corrected chi connectivity index (χ4v) is 4.45. The molecule has 3 atom stereocenters. The van der Waals surface area contributed by atoms with E-state index in [1.807, 2.05) is 44.3 Å². The van der Waals surface area contributed by atoms with Crippen LogP contribution in [0.1, 0.15) is 48.3 Å². The number of carbonyl (C=O) groups is 1. The molecule has 1 aliphatic heterocycles. The predicted molar refractivity (Wildman–Crippen MR) is 126 cm³/mol. The Kier molecular flexibility index (Phi) is 7.52. The van der Waals surface area contributed by atoms with Crippen molar-refractivity contribution >= 4 is 5.91 Å². The maximum absolute atomic E-state index is 12.5. The fourth-order valence-electron chi connectivity index (χ4n) is 4.45. The molecule has 1 aliphatic rings. The van der Waals surface area contributed by atoms with Gasteiger partial charge in [-0.2, -0.15) is 0 Å². The number of phenolic OH excluding ortho intramolecular Hbond substituents is 1. The summed E-state index contributed by atoms with van der Waals surface area (Å²) in [6.45, 7) is 13.8. The Hall–Kier alpha value is -2.63. The van der Waals surface area contributed by atoms with Crippen molar-refractivity contribution in [2.45, 2.75) is 38.9 Å². The molecule has 166 valence electrons. The van der Waals surface area contributed by atoms with E-state index in [-0.39, 0.29) is 17.7 Å². The van der Waals surface area contributed by atoms with Crippen LogP contribution in [0.25, 0.3) is 0 Å². The molecule has 0 aliphatic carbocycles. The first kappa shape index (κ1) is 23.0. The van der Waals surface area contributed by atoms with Gasteiger partial charge < -0.3 is 10.0 Å². The normalized spacial score (nSPS) is 20.9. The van der Waals surface area contributed by atoms with Crippen molar-refractivity contribution in [1.29, 1.82) is 0 Å². The van der Waals surface area contributed by atoms with Crippen molar-refractivity contribution in [2.75, 3.05) is 33.2 Å². The first-order valence-electron chi connectivity index (χ1n) is 11.1. The first-order valence-corrected chi connectivity index (χ1v) is 11.1. The first-order chi connectivity index (χ1) is 14.8. The van der Waals surface area contributed by atoms with E-state index in [2.05, 4.69) is 48.4 Å². The van der Waals surface area contributed by atoms with Crippen LogP contribution in [0.4, 0.5) is 0 Å². The summed E-state index contributed by atoms with van der Waals surface area (Å²) in [6.07, 6.45) is 1.97. The SMILES string of the molecule is C=CCN1C[C@H](C)N([C@@H](c2ccc(C(=O)N(C)CC)cc2)c2cccc(O)c2)C[C@@H]1C. The van der Waals surface area contributed by atoms with Crippen LogP contribution in [0, 0.1) is 0 Å². The molecule has 0 aromatic heterocycles. The molecule has 2 aromatic carbocycles. The zero-order chi connectivity index (χ0) is 22.5. The van der Waals surface area contributed by atoms with E-state index in [0.717, 1.165) is 30.8 Å². The fraction of sp³-hybridized carbons (Fsp3) is 0.423. The van der Waals surface area contributed by atoms with E-state index >= 15 is 0 Å². The molecule has 31 heavy (non-hydrogen) atoms. The van der Waals surface area contributed by atoms with E-state index in [1.54, 1.807) is 11.0 Å². The van der Waals surface area contributed by atoms with Gasteiger partial charge in [-0.15, -0.1) is 6.58 Å². The molecular weight excluding hydrogens is 386 g/mol. The largest absolute Gasteiger partial charge is 0.508 e. The van der Waals surface area contributed by atoms with Crippen LogP contribution < -0.4 is 0 Å². The van der Waals surface area contributed by atoms with Crippen molar-refractivity contribution in [3.05, 3.63) is 77.9 Å². The smallest absolute Gasteiger partial charge is 0.253 e. The van der Waals surface area contributed by atoms with Crippen molar-refractivity contribution in [3.63, 3.8) is 0 Å². The number of nitrogens with zero attached hydrogens (tertiary/aromatic N) is 3. The molecule has 1 heterocycles. The lowest BCUT2D eigenvalue weighted by Crippen LogP contribution is -2.57. The summed E-state index contributed by atoms with van der Waals surface area (Å²) in [5.74, 6) is 0.299. The summed E-state index contributed by atoms with van der Waals surface area (Å²) < 4.78 is 0. The number of aromatic hydroxyl groups is 1. The summed E-state index contributed by atoms with van der Waals surface area (Å²) in [7, 11) is 1.82. The maximum Gasteiger partial charge on any atom is 0.253 e. The lowest BCUT2D eigenvalue weighted by atomic mass is 9.92. The second-order valence-electron chi connectivity index (χ2n) is 8.58. The third-order valence-electron chi connectivity index (χ3n) is 6.34. The van der Waals surface area contributed by atoms with Gasteiger partial charge >= 0.3 is 0 Å². The second kappa shape index (κ2) is 10.1. The van der Waals surface area contributed by atoms with E-state index < -0.39 is 0 Å². The minimum atomic E-state index is 0.00323. The molecule has 1 saturated heterocycles. The highest BCUT2D eigenvalue weighted by Crippen LogP contribution is 2.34. The third kappa shape index (κ3) is 5.17. The zero-order valence-corrected chi connectivity index (χ0v) is 19.2. The van der Waals surface area contributed by atoms with Crippen LogP contribution in [-0.2, 0) is 0 Å². The molecule has 0 saturated carbocycles. The number of hydrogen-bond acceptors (Lipinski definition) is 4. The number of piperazine rings is 1. The molecule has 5 nitrogen and oxygen atoms in total. The van der Waals surface area contributed by atoms with Crippen molar-refractivity contribution in [3.8, 4) is 5.75 Å². The van der Waals surface area contributed by atoms with E-state index in [1.165, 1.54) is 0 Å². The minimum absolute atomic E-state index is 0.00323. The van der Waals surface area contributed by atoms with Crippen LogP contribution >= 0.6 is 0 Å². The summed E-state index contributed by atoms with van der Waals surface area (Å²) in [5.41, 5.74) is 2.87. The van der Waals surface area contributed by atoms with Gasteiger partial charge in [0.1, 0.15) is 5.75 Å². The molecule has 0 spiro atoms. The molecule has 0 radical (unpaired) electrons. The number of benzene rings is 2. The summed E-state index contributed by atoms with van der Waals surface area (Å²) in [6, 6.07) is 16.2. The summed E-state index contributed by atoms with van der Waals surface area (Å²) >= 11 is 0. The van der Waals surface area contributed by atoms with E-state index in [0.29, 0.717) is 24.2 Å². The highest BCUT2D eigenvalue weighted by molar-refractivity contribution is 5.94. The number of hydrogen-bond donors (Lipinski definition) is 1. The van der Waals surface area contributed by atoms with Crippen LogP contribution in [0.15, 0.2) is 61.2 Å². The molecule has 1 amide bonds. The van der Waals surface area contributed by atoms with Gasteiger partial charge in [-0.05, 0) is 56.2 Å². The van der Waals surface area contributed by atoms with Crippen molar-refractivity contribution in [2.24, 2.45) is 0 Å². The molecule has 1 fully saturated rings. The highest BCUT2D eigenvalue weighted by Gasteiger charge is 2.34. The van der Waals surface area contributed by atoms with Gasteiger partial charge in [0, 0.05) is 50.9 Å². The molecule has 2 aromatic rings. The Bertz CT molecular complexity index is 896. The third-order valence-corrected chi connectivity index (χ3v) is 6.34. The van der Waals surface area contributed by atoms with Crippen molar-refractivity contribution in [1.82, 2.24) is 14.7 Å². The average molecular weight is 422 g/mol. The van der Waals surface area contributed by atoms with Crippen molar-refractivity contribution < 1.29 is 9.90 Å². The van der Waals surface area contributed by atoms with Crippen LogP contribution in [0.5, 0.6) is 5.75 Å². The van der Waals surface area contributed by atoms with Gasteiger partial charge in [0.15, 0.2) is 0 Å².